The molecule has 0 aliphatic carbocycles. The molecule has 0 radical (unpaired) electrons. The van der Waals surface area contributed by atoms with Crippen molar-refractivity contribution in [3.8, 4) is 0 Å². The van der Waals surface area contributed by atoms with Crippen LogP contribution in [0.4, 0.5) is 0 Å². The zero-order chi connectivity index (χ0) is 12.5. The first-order valence-electron chi connectivity index (χ1n) is 5.80. The summed E-state index contributed by atoms with van der Waals surface area (Å²) in [5.41, 5.74) is 0. The summed E-state index contributed by atoms with van der Waals surface area (Å²) in [4.78, 5) is 0.303. The highest BCUT2D eigenvalue weighted by Crippen LogP contribution is 2.23. The molecule has 1 aromatic rings. The molecule has 1 N–H and O–H groups in total. The van der Waals surface area contributed by atoms with Gasteiger partial charge in [0.1, 0.15) is 16.4 Å². The van der Waals surface area contributed by atoms with Crippen LogP contribution >= 0.6 is 0 Å². The molecule has 0 aromatic carbocycles. The van der Waals surface area contributed by atoms with E-state index in [4.69, 9.17) is 4.42 Å². The largest absolute Gasteiger partial charge is 0.465 e. The summed E-state index contributed by atoms with van der Waals surface area (Å²) in [6.45, 7) is 6.11. The van der Waals surface area contributed by atoms with E-state index >= 15 is 0 Å². The van der Waals surface area contributed by atoms with Gasteiger partial charge in [0.2, 0.25) is 10.0 Å². The molecule has 0 unspecified atom stereocenters. The van der Waals surface area contributed by atoms with E-state index in [1.807, 2.05) is 0 Å². The first-order chi connectivity index (χ1) is 8.01. The van der Waals surface area contributed by atoms with E-state index in [1.54, 1.807) is 19.9 Å². The van der Waals surface area contributed by atoms with E-state index in [0.717, 1.165) is 13.0 Å². The highest BCUT2D eigenvalue weighted by molar-refractivity contribution is 7.89. The van der Waals surface area contributed by atoms with Gasteiger partial charge in [0, 0.05) is 19.6 Å². The fourth-order valence-electron chi connectivity index (χ4n) is 2.06. The van der Waals surface area contributed by atoms with Gasteiger partial charge in [0.25, 0.3) is 0 Å². The fraction of sp³-hybridized carbons (Fsp3) is 0.636. The lowest BCUT2D eigenvalue weighted by Crippen LogP contribution is -2.34. The second-order valence-corrected chi connectivity index (χ2v) is 6.19. The van der Waals surface area contributed by atoms with Gasteiger partial charge in [-0.15, -0.1) is 0 Å². The van der Waals surface area contributed by atoms with Crippen molar-refractivity contribution in [2.75, 3.05) is 26.2 Å². The van der Waals surface area contributed by atoms with E-state index in [-0.39, 0.29) is 0 Å². The van der Waals surface area contributed by atoms with Gasteiger partial charge in [-0.3, -0.25) is 0 Å². The van der Waals surface area contributed by atoms with Gasteiger partial charge in [-0.05, 0) is 32.9 Å². The Bertz CT molecular complexity index is 485. The molecule has 1 fully saturated rings. The Hall–Kier alpha value is -0.850. The van der Waals surface area contributed by atoms with Gasteiger partial charge in [0.15, 0.2) is 0 Å². The molecule has 5 nitrogen and oxygen atoms in total. The summed E-state index contributed by atoms with van der Waals surface area (Å²) in [6, 6.07) is 1.60. The Morgan fingerprint density at radius 1 is 1.29 bits per heavy atom. The molecule has 6 heteroatoms. The minimum Gasteiger partial charge on any atom is -0.465 e. The number of sulfonamides is 1. The summed E-state index contributed by atoms with van der Waals surface area (Å²) in [6.07, 6.45) is 0.842. The topological polar surface area (TPSA) is 62.6 Å². The molecule has 1 aliphatic heterocycles. The highest BCUT2D eigenvalue weighted by Gasteiger charge is 2.28. The number of rotatable bonds is 2. The van der Waals surface area contributed by atoms with E-state index in [1.165, 1.54) is 4.31 Å². The third-order valence-corrected chi connectivity index (χ3v) is 4.92. The quantitative estimate of drug-likeness (QED) is 0.855. The van der Waals surface area contributed by atoms with Crippen LogP contribution in [0.2, 0.25) is 0 Å². The first-order valence-corrected chi connectivity index (χ1v) is 7.24. The molecule has 2 rings (SSSR count). The highest BCUT2D eigenvalue weighted by atomic mass is 32.2. The van der Waals surface area contributed by atoms with Crippen molar-refractivity contribution in [1.29, 1.82) is 0 Å². The van der Waals surface area contributed by atoms with Gasteiger partial charge in [-0.1, -0.05) is 0 Å². The number of hydrogen-bond donors (Lipinski definition) is 1. The van der Waals surface area contributed by atoms with Crippen molar-refractivity contribution in [1.82, 2.24) is 9.62 Å². The predicted molar refractivity (Wildman–Crippen MR) is 64.4 cm³/mol. The van der Waals surface area contributed by atoms with E-state index in [0.29, 0.717) is 36.1 Å². The van der Waals surface area contributed by atoms with Crippen molar-refractivity contribution in [3.05, 3.63) is 17.6 Å². The molecular weight excluding hydrogens is 240 g/mol. The number of furan rings is 1. The second kappa shape index (κ2) is 4.80. The monoisotopic (exact) mass is 258 g/mol. The maximum atomic E-state index is 12.4. The molecule has 0 atom stereocenters. The standard InChI is InChI=1S/C11H18N2O3S/c1-9-8-11(10(2)16-9)17(14,15)13-6-3-4-12-5-7-13/h8,12H,3-7H2,1-2H3. The summed E-state index contributed by atoms with van der Waals surface area (Å²) in [7, 11) is -3.40. The average molecular weight is 258 g/mol. The van der Waals surface area contributed by atoms with Gasteiger partial charge in [-0.2, -0.15) is 4.31 Å². The zero-order valence-electron chi connectivity index (χ0n) is 10.2. The second-order valence-electron chi connectivity index (χ2n) is 4.29. The lowest BCUT2D eigenvalue weighted by molar-refractivity contribution is 0.428. The lowest BCUT2D eigenvalue weighted by atomic mass is 10.4. The zero-order valence-corrected chi connectivity index (χ0v) is 11.0. The Morgan fingerprint density at radius 2 is 2.06 bits per heavy atom. The van der Waals surface area contributed by atoms with Crippen LogP contribution in [0.25, 0.3) is 0 Å². The summed E-state index contributed by atoms with van der Waals surface area (Å²) >= 11 is 0. The summed E-state index contributed by atoms with van der Waals surface area (Å²) in [5.74, 6) is 1.11. The Kier molecular flexibility index (Phi) is 3.56. The maximum Gasteiger partial charge on any atom is 0.246 e. The third kappa shape index (κ3) is 2.53. The molecule has 1 aromatic heterocycles. The van der Waals surface area contributed by atoms with Gasteiger partial charge in [-0.25, -0.2) is 8.42 Å². The van der Waals surface area contributed by atoms with E-state index in [2.05, 4.69) is 5.32 Å². The molecular formula is C11H18N2O3S. The van der Waals surface area contributed by atoms with Crippen molar-refractivity contribution in [2.45, 2.75) is 25.2 Å². The van der Waals surface area contributed by atoms with Crippen molar-refractivity contribution in [2.24, 2.45) is 0 Å². The van der Waals surface area contributed by atoms with Crippen LogP contribution in [-0.4, -0.2) is 38.9 Å². The van der Waals surface area contributed by atoms with Crippen LogP contribution in [0.15, 0.2) is 15.4 Å². The minimum atomic E-state index is -3.40. The summed E-state index contributed by atoms with van der Waals surface area (Å²) < 4.78 is 31.7. The molecule has 0 spiro atoms. The fourth-order valence-corrected chi connectivity index (χ4v) is 3.76. The minimum absolute atomic E-state index is 0.303. The molecule has 0 bridgehead atoms. The third-order valence-electron chi connectivity index (χ3n) is 2.91. The van der Waals surface area contributed by atoms with Crippen LogP contribution in [-0.2, 0) is 10.0 Å². The van der Waals surface area contributed by atoms with Crippen LogP contribution in [0, 0.1) is 13.8 Å². The van der Waals surface area contributed by atoms with E-state index in [9.17, 15) is 8.42 Å². The predicted octanol–water partition coefficient (Wildman–Crippen LogP) is 0.880. The normalized spacial score (nSPS) is 19.2. The van der Waals surface area contributed by atoms with E-state index < -0.39 is 10.0 Å². The number of nitrogens with one attached hydrogen (secondary N) is 1. The molecule has 0 amide bonds. The Morgan fingerprint density at radius 3 is 2.71 bits per heavy atom. The summed E-state index contributed by atoms with van der Waals surface area (Å²) in [5, 5.41) is 3.19. The molecule has 1 saturated heterocycles. The Labute approximate surface area is 102 Å². The van der Waals surface area contributed by atoms with Crippen LogP contribution < -0.4 is 5.32 Å². The van der Waals surface area contributed by atoms with Crippen LogP contribution in [0.3, 0.4) is 0 Å². The molecule has 1 aliphatic rings. The van der Waals surface area contributed by atoms with Crippen molar-refractivity contribution < 1.29 is 12.8 Å². The van der Waals surface area contributed by atoms with Gasteiger partial charge < -0.3 is 9.73 Å². The van der Waals surface area contributed by atoms with Crippen molar-refractivity contribution >= 4 is 10.0 Å². The molecule has 96 valence electrons. The molecule has 2 heterocycles. The Balaban J connectivity index is 2.31. The first kappa shape index (κ1) is 12.6. The van der Waals surface area contributed by atoms with Gasteiger partial charge >= 0.3 is 0 Å². The average Bonchev–Trinajstić information content (AvgIpc) is 2.52. The van der Waals surface area contributed by atoms with Crippen molar-refractivity contribution in [3.63, 3.8) is 0 Å². The van der Waals surface area contributed by atoms with Crippen LogP contribution in [0.5, 0.6) is 0 Å². The SMILES string of the molecule is Cc1cc(S(=O)(=O)N2CCCNCC2)c(C)o1. The maximum absolute atomic E-state index is 12.4. The number of nitrogens with zero attached hydrogens (tertiary/aromatic N) is 1. The smallest absolute Gasteiger partial charge is 0.246 e. The van der Waals surface area contributed by atoms with Gasteiger partial charge in [0.05, 0.1) is 0 Å². The lowest BCUT2D eigenvalue weighted by Gasteiger charge is -2.18. The van der Waals surface area contributed by atoms with Crippen LogP contribution in [0.1, 0.15) is 17.9 Å². The molecule has 0 saturated carbocycles. The number of aryl methyl sites for hydroxylation is 2. The molecule has 17 heavy (non-hydrogen) atoms. The number of hydrogen-bond acceptors (Lipinski definition) is 4.